The summed E-state index contributed by atoms with van der Waals surface area (Å²) >= 11 is 0. The summed E-state index contributed by atoms with van der Waals surface area (Å²) in [7, 11) is 0. The van der Waals surface area contributed by atoms with Crippen LogP contribution in [0, 0.1) is 11.3 Å². The molecule has 0 amide bonds. The van der Waals surface area contributed by atoms with E-state index in [4.69, 9.17) is 10.5 Å². The van der Waals surface area contributed by atoms with Gasteiger partial charge >= 0.3 is 0 Å². The molecule has 1 aliphatic heterocycles. The van der Waals surface area contributed by atoms with E-state index in [0.717, 1.165) is 25.1 Å². The third-order valence-corrected chi connectivity index (χ3v) is 4.51. The van der Waals surface area contributed by atoms with E-state index in [0.29, 0.717) is 34.9 Å². The third-order valence-electron chi connectivity index (χ3n) is 4.51. The Morgan fingerprint density at radius 1 is 1.37 bits per heavy atom. The van der Waals surface area contributed by atoms with Gasteiger partial charge in [-0.25, -0.2) is 15.0 Å². The van der Waals surface area contributed by atoms with Crippen LogP contribution < -0.4 is 11.1 Å². The number of anilines is 2. The first kappa shape index (κ1) is 17.0. The van der Waals surface area contributed by atoms with Crippen LogP contribution in [0.25, 0.3) is 22.5 Å². The van der Waals surface area contributed by atoms with Crippen LogP contribution in [0.15, 0.2) is 36.8 Å². The van der Waals surface area contributed by atoms with Crippen molar-refractivity contribution < 1.29 is 4.74 Å². The van der Waals surface area contributed by atoms with Crippen molar-refractivity contribution >= 4 is 11.8 Å². The number of nitrogens with two attached hydrogens (primary N) is 1. The molecule has 3 aromatic heterocycles. The Kier molecular flexibility index (Phi) is 4.68. The number of nitrogens with one attached hydrogen (secondary N) is 2. The molecule has 0 radical (unpaired) electrons. The lowest BCUT2D eigenvalue weighted by atomic mass is 10.0. The van der Waals surface area contributed by atoms with Crippen molar-refractivity contribution in [2.45, 2.75) is 18.9 Å². The van der Waals surface area contributed by atoms with Crippen molar-refractivity contribution in [3.63, 3.8) is 0 Å². The summed E-state index contributed by atoms with van der Waals surface area (Å²) < 4.78 is 5.58. The minimum atomic E-state index is 0.181. The molecule has 0 spiro atoms. The maximum absolute atomic E-state index is 9.50. The Bertz CT molecular complexity index is 955. The minimum Gasteiger partial charge on any atom is -0.383 e. The highest BCUT2D eigenvalue weighted by atomic mass is 16.5. The van der Waals surface area contributed by atoms with E-state index >= 15 is 0 Å². The van der Waals surface area contributed by atoms with Gasteiger partial charge in [0.15, 0.2) is 0 Å². The number of hydrogen-bond acceptors (Lipinski definition) is 7. The van der Waals surface area contributed by atoms with E-state index in [1.54, 1.807) is 12.4 Å². The van der Waals surface area contributed by atoms with Crippen molar-refractivity contribution in [1.29, 1.82) is 5.26 Å². The number of hydrogen-bond donors (Lipinski definition) is 3. The number of H-pyrrole nitrogens is 1. The number of ether oxygens (including phenoxy) is 1. The zero-order chi connectivity index (χ0) is 18.6. The highest BCUT2D eigenvalue weighted by Crippen LogP contribution is 2.30. The highest BCUT2D eigenvalue weighted by Gasteiger charge is 2.16. The highest BCUT2D eigenvalue weighted by molar-refractivity contribution is 5.78. The number of nitriles is 1. The van der Waals surface area contributed by atoms with Gasteiger partial charge in [0.05, 0.1) is 17.5 Å². The summed E-state index contributed by atoms with van der Waals surface area (Å²) in [6.45, 7) is 1.50. The third kappa shape index (κ3) is 3.59. The lowest BCUT2D eigenvalue weighted by Crippen LogP contribution is -2.19. The average molecular weight is 361 g/mol. The monoisotopic (exact) mass is 361 g/mol. The number of nitrogen functional groups attached to an aromatic ring is 1. The summed E-state index contributed by atoms with van der Waals surface area (Å²) in [5.74, 6) is 0.708. The predicted molar refractivity (Wildman–Crippen MR) is 102 cm³/mol. The van der Waals surface area contributed by atoms with Gasteiger partial charge in [0.2, 0.25) is 5.95 Å². The summed E-state index contributed by atoms with van der Waals surface area (Å²) in [6.07, 6.45) is 7.52. The Balaban J connectivity index is 1.61. The van der Waals surface area contributed by atoms with E-state index in [2.05, 4.69) is 31.3 Å². The molecule has 4 rings (SSSR count). The SMILES string of the molecule is N#Cc1c(-c2cnc(NCC3CCCO3)nc2)cc(-c2ccc[nH]2)nc1N. The van der Waals surface area contributed by atoms with Crippen LogP contribution in [0.3, 0.4) is 0 Å². The van der Waals surface area contributed by atoms with Crippen molar-refractivity contribution in [2.75, 3.05) is 24.2 Å². The molecule has 0 bridgehead atoms. The molecule has 1 aliphatic rings. The van der Waals surface area contributed by atoms with Gasteiger partial charge in [0.25, 0.3) is 0 Å². The van der Waals surface area contributed by atoms with Crippen LogP contribution in [0.4, 0.5) is 11.8 Å². The summed E-state index contributed by atoms with van der Waals surface area (Å²) in [6, 6.07) is 7.72. The molecule has 1 atom stereocenters. The fourth-order valence-corrected chi connectivity index (χ4v) is 3.11. The fourth-order valence-electron chi connectivity index (χ4n) is 3.11. The molecule has 27 heavy (non-hydrogen) atoms. The minimum absolute atomic E-state index is 0.181. The molecule has 0 aliphatic carbocycles. The van der Waals surface area contributed by atoms with Gasteiger partial charge in [0.1, 0.15) is 17.5 Å². The Labute approximate surface area is 156 Å². The molecular weight excluding hydrogens is 342 g/mol. The second kappa shape index (κ2) is 7.43. The maximum Gasteiger partial charge on any atom is 0.222 e. The number of rotatable bonds is 5. The van der Waals surface area contributed by atoms with E-state index < -0.39 is 0 Å². The van der Waals surface area contributed by atoms with Crippen LogP contribution in [0.1, 0.15) is 18.4 Å². The second-order valence-corrected chi connectivity index (χ2v) is 6.32. The molecule has 4 N–H and O–H groups in total. The average Bonchev–Trinajstić information content (AvgIpc) is 3.40. The summed E-state index contributed by atoms with van der Waals surface area (Å²) in [5, 5.41) is 12.7. The van der Waals surface area contributed by atoms with Gasteiger partial charge in [-0.05, 0) is 31.0 Å². The van der Waals surface area contributed by atoms with Crippen molar-refractivity contribution in [1.82, 2.24) is 19.9 Å². The molecule has 0 saturated carbocycles. The van der Waals surface area contributed by atoms with Gasteiger partial charge in [-0.1, -0.05) is 0 Å². The van der Waals surface area contributed by atoms with E-state index in [1.165, 1.54) is 0 Å². The fraction of sp³-hybridized carbons (Fsp3) is 0.263. The number of aromatic amines is 1. The molecular formula is C19H19N7O. The smallest absolute Gasteiger partial charge is 0.222 e. The molecule has 0 aromatic carbocycles. The van der Waals surface area contributed by atoms with Crippen molar-refractivity contribution in [3.05, 3.63) is 42.4 Å². The standard InChI is InChI=1S/C19H19N7O/c20-8-15-14(7-17(26-18(15)21)16-4-1-5-22-16)12-9-23-19(24-10-12)25-11-13-3-2-6-27-13/h1,4-5,7,9-10,13,22H,2-3,6,11H2,(H2,21,26)(H,23,24,25). The number of aromatic nitrogens is 4. The molecule has 136 valence electrons. The summed E-state index contributed by atoms with van der Waals surface area (Å²) in [4.78, 5) is 16.1. The predicted octanol–water partition coefficient (Wildman–Crippen LogP) is 2.58. The van der Waals surface area contributed by atoms with Gasteiger partial charge in [-0.2, -0.15) is 5.26 Å². The quantitative estimate of drug-likeness (QED) is 0.637. The lowest BCUT2D eigenvalue weighted by Gasteiger charge is -2.12. The van der Waals surface area contributed by atoms with Crippen LogP contribution in [0.2, 0.25) is 0 Å². The Morgan fingerprint density at radius 2 is 2.22 bits per heavy atom. The Hall–Kier alpha value is -3.44. The molecule has 4 heterocycles. The molecule has 1 fully saturated rings. The molecule has 1 saturated heterocycles. The van der Waals surface area contributed by atoms with Crippen molar-refractivity contribution in [2.24, 2.45) is 0 Å². The summed E-state index contributed by atoms with van der Waals surface area (Å²) in [5.41, 5.74) is 9.16. The van der Waals surface area contributed by atoms with Gasteiger partial charge in [-0.3, -0.25) is 0 Å². The molecule has 8 nitrogen and oxygen atoms in total. The first-order valence-corrected chi connectivity index (χ1v) is 8.77. The van der Waals surface area contributed by atoms with E-state index in [9.17, 15) is 5.26 Å². The van der Waals surface area contributed by atoms with Crippen LogP contribution >= 0.6 is 0 Å². The van der Waals surface area contributed by atoms with E-state index in [1.807, 2.05) is 24.4 Å². The van der Waals surface area contributed by atoms with Gasteiger partial charge in [0, 0.05) is 42.9 Å². The second-order valence-electron chi connectivity index (χ2n) is 6.32. The number of pyridine rings is 1. The normalized spacial score (nSPS) is 16.2. The first-order chi connectivity index (χ1) is 13.2. The van der Waals surface area contributed by atoms with Crippen LogP contribution in [0.5, 0.6) is 0 Å². The van der Waals surface area contributed by atoms with Gasteiger partial charge < -0.3 is 20.8 Å². The zero-order valence-electron chi connectivity index (χ0n) is 14.6. The maximum atomic E-state index is 9.50. The lowest BCUT2D eigenvalue weighted by molar-refractivity contribution is 0.120. The zero-order valence-corrected chi connectivity index (χ0v) is 14.6. The molecule has 3 aromatic rings. The van der Waals surface area contributed by atoms with Gasteiger partial charge in [-0.15, -0.1) is 0 Å². The molecule has 8 heteroatoms. The van der Waals surface area contributed by atoms with E-state index in [-0.39, 0.29) is 11.9 Å². The molecule has 1 unspecified atom stereocenters. The Morgan fingerprint density at radius 3 is 2.89 bits per heavy atom. The topological polar surface area (TPSA) is 126 Å². The first-order valence-electron chi connectivity index (χ1n) is 8.77. The van der Waals surface area contributed by atoms with Crippen LogP contribution in [-0.2, 0) is 4.74 Å². The largest absolute Gasteiger partial charge is 0.383 e. The van der Waals surface area contributed by atoms with Crippen molar-refractivity contribution in [3.8, 4) is 28.6 Å². The number of nitrogens with zero attached hydrogens (tertiary/aromatic N) is 4. The van der Waals surface area contributed by atoms with Crippen LogP contribution in [-0.4, -0.2) is 39.2 Å².